The first-order chi connectivity index (χ1) is 4.86. The molecule has 0 saturated carbocycles. The van der Waals surface area contributed by atoms with E-state index in [-0.39, 0.29) is 0 Å². The van der Waals surface area contributed by atoms with Crippen molar-refractivity contribution >= 4 is 6.08 Å². The Morgan fingerprint density at radius 3 is 2.80 bits per heavy atom. The van der Waals surface area contributed by atoms with Crippen molar-refractivity contribution in [2.45, 2.75) is 0 Å². The first-order valence-electron chi connectivity index (χ1n) is 3.21. The van der Waals surface area contributed by atoms with E-state index >= 15 is 0 Å². The van der Waals surface area contributed by atoms with Gasteiger partial charge in [-0.2, -0.15) is 0 Å². The topological polar surface area (TPSA) is 12.4 Å². The maximum absolute atomic E-state index is 4.20. The largest absolute Gasteiger partial charge is 0.249 e. The van der Waals surface area contributed by atoms with Crippen LogP contribution >= 0.6 is 0 Å². The van der Waals surface area contributed by atoms with E-state index in [1.54, 1.807) is 0 Å². The van der Waals surface area contributed by atoms with Crippen LogP contribution in [0.2, 0.25) is 0 Å². The minimum absolute atomic E-state index is 0.848. The molecule has 0 atom stereocenters. The lowest BCUT2D eigenvalue weighted by atomic mass is 10.3. The molecule has 48 valence electrons. The molecule has 0 bridgehead atoms. The van der Waals surface area contributed by atoms with Gasteiger partial charge in [-0.1, -0.05) is 24.8 Å². The molecule has 1 heteroatoms. The number of benzene rings is 1. The molecule has 0 spiro atoms. The van der Waals surface area contributed by atoms with Gasteiger partial charge >= 0.3 is 0 Å². The van der Waals surface area contributed by atoms with Crippen molar-refractivity contribution in [1.82, 2.24) is 0 Å². The summed E-state index contributed by atoms with van der Waals surface area (Å²) in [6, 6.07) is 8.01. The van der Waals surface area contributed by atoms with Gasteiger partial charge in [0.05, 0.1) is 11.1 Å². The van der Waals surface area contributed by atoms with Gasteiger partial charge in [0.15, 0.2) is 0 Å². The van der Waals surface area contributed by atoms with Crippen LogP contribution in [0.4, 0.5) is 0 Å². The maximum Gasteiger partial charge on any atom is 0.0709 e. The van der Waals surface area contributed by atoms with E-state index in [4.69, 9.17) is 0 Å². The Balaban J connectivity index is 2.96. The highest BCUT2D eigenvalue weighted by molar-refractivity contribution is 5.47. The van der Waals surface area contributed by atoms with Gasteiger partial charge in [-0.15, -0.1) is 0 Å². The summed E-state index contributed by atoms with van der Waals surface area (Å²) in [4.78, 5) is 4.20. The number of fused-ring (bicyclic) bond motifs is 1. The molecule has 1 heterocycles. The van der Waals surface area contributed by atoms with Crippen LogP contribution in [-0.4, -0.2) is 0 Å². The van der Waals surface area contributed by atoms with Crippen molar-refractivity contribution in [2.24, 2.45) is 4.99 Å². The van der Waals surface area contributed by atoms with Crippen LogP contribution in [0, 0.1) is 0 Å². The normalized spacial score (nSPS) is 13.8. The van der Waals surface area contributed by atoms with Gasteiger partial charge in [-0.05, 0) is 12.1 Å². The van der Waals surface area contributed by atoms with Crippen LogP contribution in [0.5, 0.6) is 0 Å². The molecule has 0 aliphatic carbocycles. The summed E-state index contributed by atoms with van der Waals surface area (Å²) in [5.41, 5.74) is 0.848. The van der Waals surface area contributed by atoms with Crippen molar-refractivity contribution in [3.63, 3.8) is 0 Å². The Morgan fingerprint density at radius 1 is 1.20 bits per heavy atom. The van der Waals surface area contributed by atoms with Gasteiger partial charge in [0.2, 0.25) is 0 Å². The zero-order valence-corrected chi connectivity index (χ0v) is 5.54. The van der Waals surface area contributed by atoms with E-state index in [1.165, 1.54) is 5.22 Å². The molecule has 0 amide bonds. The van der Waals surface area contributed by atoms with Gasteiger partial charge in [-0.3, -0.25) is 0 Å². The summed E-state index contributed by atoms with van der Waals surface area (Å²) >= 11 is 0. The molecular weight excluding hydrogens is 122 g/mol. The standard InChI is InChI=1S/C9H7N/c1-7-6-8-4-2-3-5-9(8)10-7/h2-6H,1H2. The predicted molar refractivity (Wildman–Crippen MR) is 40.8 cm³/mol. The molecule has 1 aromatic rings. The fourth-order valence-corrected chi connectivity index (χ4v) is 1.08. The molecule has 0 fully saturated rings. The number of nitrogens with zero attached hydrogens (tertiary/aromatic N) is 1. The SMILES string of the molecule is C=C1C=c2ccccc2=N1. The molecule has 0 radical (unpaired) electrons. The zero-order valence-electron chi connectivity index (χ0n) is 5.54. The quantitative estimate of drug-likeness (QED) is 0.487. The van der Waals surface area contributed by atoms with Crippen LogP contribution in [0.15, 0.2) is 41.5 Å². The molecule has 0 aromatic heterocycles. The molecule has 0 N–H and O–H groups in total. The molecule has 2 rings (SSSR count). The highest BCUT2D eigenvalue weighted by Gasteiger charge is 1.94. The lowest BCUT2D eigenvalue weighted by molar-refractivity contribution is 1.33. The van der Waals surface area contributed by atoms with E-state index in [2.05, 4.69) is 11.6 Å². The minimum Gasteiger partial charge on any atom is -0.249 e. The summed E-state index contributed by atoms with van der Waals surface area (Å²) in [6.07, 6.45) is 1.98. The summed E-state index contributed by atoms with van der Waals surface area (Å²) in [6.45, 7) is 3.75. The van der Waals surface area contributed by atoms with Crippen LogP contribution in [-0.2, 0) is 0 Å². The van der Waals surface area contributed by atoms with Gasteiger partial charge in [0.25, 0.3) is 0 Å². The molecular formula is C9H7N. The molecule has 1 aliphatic heterocycles. The lowest BCUT2D eigenvalue weighted by Crippen LogP contribution is -2.19. The van der Waals surface area contributed by atoms with Gasteiger partial charge in [0, 0.05) is 5.22 Å². The second-order valence-corrected chi connectivity index (χ2v) is 2.31. The molecule has 1 aromatic carbocycles. The zero-order chi connectivity index (χ0) is 6.97. The fourth-order valence-electron chi connectivity index (χ4n) is 1.08. The number of hydrogen-bond donors (Lipinski definition) is 0. The molecule has 1 aliphatic rings. The average molecular weight is 129 g/mol. The Hall–Kier alpha value is -1.37. The Morgan fingerprint density at radius 2 is 2.00 bits per heavy atom. The van der Waals surface area contributed by atoms with Crippen molar-refractivity contribution in [2.75, 3.05) is 0 Å². The molecule has 0 saturated heterocycles. The van der Waals surface area contributed by atoms with Crippen molar-refractivity contribution in [3.05, 3.63) is 47.1 Å². The Kier molecular flexibility index (Phi) is 0.978. The first kappa shape index (κ1) is 5.42. The fraction of sp³-hybridized carbons (Fsp3) is 0. The van der Waals surface area contributed by atoms with Gasteiger partial charge in [-0.25, -0.2) is 4.99 Å². The second kappa shape index (κ2) is 1.81. The third-order valence-electron chi connectivity index (χ3n) is 1.52. The summed E-state index contributed by atoms with van der Waals surface area (Å²) in [5.74, 6) is 0. The van der Waals surface area contributed by atoms with E-state index in [0.717, 1.165) is 11.1 Å². The van der Waals surface area contributed by atoms with Gasteiger partial charge < -0.3 is 0 Å². The second-order valence-electron chi connectivity index (χ2n) is 2.31. The number of hydrogen-bond acceptors (Lipinski definition) is 1. The van der Waals surface area contributed by atoms with Crippen molar-refractivity contribution in [1.29, 1.82) is 0 Å². The van der Waals surface area contributed by atoms with Crippen LogP contribution < -0.4 is 10.6 Å². The number of rotatable bonds is 0. The average Bonchev–Trinajstić information content (AvgIpc) is 2.27. The van der Waals surface area contributed by atoms with E-state index < -0.39 is 0 Å². The van der Waals surface area contributed by atoms with Crippen LogP contribution in [0.3, 0.4) is 0 Å². The first-order valence-corrected chi connectivity index (χ1v) is 3.21. The van der Waals surface area contributed by atoms with Crippen LogP contribution in [0.25, 0.3) is 6.08 Å². The van der Waals surface area contributed by atoms with Crippen molar-refractivity contribution < 1.29 is 0 Å². The highest BCUT2D eigenvalue weighted by atomic mass is 14.7. The van der Waals surface area contributed by atoms with E-state index in [9.17, 15) is 0 Å². The monoisotopic (exact) mass is 129 g/mol. The predicted octanol–water partition coefficient (Wildman–Crippen LogP) is 0.614. The third-order valence-corrected chi connectivity index (χ3v) is 1.52. The van der Waals surface area contributed by atoms with Crippen molar-refractivity contribution in [3.8, 4) is 0 Å². The summed E-state index contributed by atoms with van der Waals surface area (Å²) in [5, 5.41) is 2.21. The highest BCUT2D eigenvalue weighted by Crippen LogP contribution is 1.94. The van der Waals surface area contributed by atoms with Crippen LogP contribution in [0.1, 0.15) is 0 Å². The summed E-state index contributed by atoms with van der Waals surface area (Å²) in [7, 11) is 0. The summed E-state index contributed by atoms with van der Waals surface area (Å²) < 4.78 is 0. The van der Waals surface area contributed by atoms with E-state index in [0.29, 0.717) is 0 Å². The third kappa shape index (κ3) is 0.676. The molecule has 10 heavy (non-hydrogen) atoms. The van der Waals surface area contributed by atoms with Gasteiger partial charge in [0.1, 0.15) is 0 Å². The molecule has 0 unspecified atom stereocenters. The molecule has 1 nitrogen and oxygen atoms in total. The maximum atomic E-state index is 4.20. The number of para-hydroxylation sites is 1. The minimum atomic E-state index is 0.848. The smallest absolute Gasteiger partial charge is 0.0709 e. The number of allylic oxidation sites excluding steroid dienone is 1. The van der Waals surface area contributed by atoms with E-state index in [1.807, 2.05) is 30.3 Å². The Bertz CT molecular complexity index is 350. The Labute approximate surface area is 59.0 Å². The lowest BCUT2D eigenvalue weighted by Gasteiger charge is -1.77.